The number of hydrogen-bond acceptors (Lipinski definition) is 10. The molecule has 8 bridgehead atoms. The summed E-state index contributed by atoms with van der Waals surface area (Å²) in [5.74, 6) is 1.47. The third-order valence-electron chi connectivity index (χ3n) is 8.34. The molecule has 4 aliphatic heterocycles. The fraction of sp³-hybridized carbons (Fsp3) is 0.469. The molecule has 11 nitrogen and oxygen atoms in total. The number of carbonyl (C=O) groups is 1. The lowest BCUT2D eigenvalue weighted by atomic mass is 10.1. The van der Waals surface area contributed by atoms with Crippen molar-refractivity contribution >= 4 is 23.2 Å². The zero-order chi connectivity index (χ0) is 29.6. The summed E-state index contributed by atoms with van der Waals surface area (Å²) in [6, 6.07) is 14.8. The molecule has 5 heterocycles. The van der Waals surface area contributed by atoms with E-state index in [1.807, 2.05) is 18.2 Å². The van der Waals surface area contributed by atoms with Gasteiger partial charge >= 0.3 is 0 Å². The van der Waals surface area contributed by atoms with Crippen LogP contribution in [0.25, 0.3) is 11.3 Å². The average molecular weight is 587 g/mol. The summed E-state index contributed by atoms with van der Waals surface area (Å²) in [6.45, 7) is 10.1. The normalized spacial score (nSPS) is 22.1. The van der Waals surface area contributed by atoms with E-state index < -0.39 is 0 Å². The molecule has 0 saturated carbocycles. The summed E-state index contributed by atoms with van der Waals surface area (Å²) in [5.41, 5.74) is 6.26. The van der Waals surface area contributed by atoms with E-state index in [-0.39, 0.29) is 5.91 Å². The van der Waals surface area contributed by atoms with Crippen LogP contribution in [-0.4, -0.2) is 117 Å². The molecule has 0 radical (unpaired) electrons. The summed E-state index contributed by atoms with van der Waals surface area (Å²) < 4.78 is 11.3. The number of rotatable bonds is 2. The number of anilines is 3. The van der Waals surface area contributed by atoms with Gasteiger partial charge in [0.15, 0.2) is 0 Å². The molecule has 43 heavy (non-hydrogen) atoms. The van der Waals surface area contributed by atoms with E-state index in [1.165, 1.54) is 11.3 Å². The lowest BCUT2D eigenvalue weighted by Crippen LogP contribution is -2.49. The third kappa shape index (κ3) is 7.61. The Morgan fingerprint density at radius 1 is 0.884 bits per heavy atom. The molecule has 2 saturated heterocycles. The van der Waals surface area contributed by atoms with Gasteiger partial charge in [-0.05, 0) is 55.1 Å². The second-order valence-corrected chi connectivity index (χ2v) is 11.5. The minimum absolute atomic E-state index is 0.0806. The predicted octanol–water partition coefficient (Wildman–Crippen LogP) is 2.41. The molecule has 7 rings (SSSR count). The van der Waals surface area contributed by atoms with Gasteiger partial charge in [0.25, 0.3) is 0 Å². The van der Waals surface area contributed by atoms with Crippen LogP contribution < -0.4 is 20.3 Å². The zero-order valence-electron chi connectivity index (χ0n) is 25.2. The SMILES string of the molecule is COc1ccc2cc1CN(C)CCNC(=O)CN1CCN(CC1)Cc1cc(cc(N3CCOCC3)c1)Nc1nccc-2n1. The maximum absolute atomic E-state index is 12.7. The van der Waals surface area contributed by atoms with Crippen molar-refractivity contribution in [1.29, 1.82) is 0 Å². The number of nitrogens with zero attached hydrogens (tertiary/aromatic N) is 6. The van der Waals surface area contributed by atoms with E-state index in [9.17, 15) is 4.79 Å². The van der Waals surface area contributed by atoms with Crippen molar-refractivity contribution in [2.45, 2.75) is 13.1 Å². The molecule has 4 aliphatic rings. The number of nitrogens with one attached hydrogen (secondary N) is 2. The molecular weight excluding hydrogens is 544 g/mol. The predicted molar refractivity (Wildman–Crippen MR) is 168 cm³/mol. The Morgan fingerprint density at radius 3 is 2.47 bits per heavy atom. The highest BCUT2D eigenvalue weighted by Gasteiger charge is 2.21. The first-order chi connectivity index (χ1) is 21.0. The van der Waals surface area contributed by atoms with Gasteiger partial charge in [-0.25, -0.2) is 9.97 Å². The standard InChI is InChI=1S/C32H42N8O3/c1-37-8-7-33-31(41)23-39-11-9-38(10-12-39)21-24-17-27(20-28(18-24)40-13-15-43-16-14-40)35-32-34-6-5-29(36-32)25-3-4-30(42-2)26(19-25)22-37/h3-6,17-20H,7-16,21-23H2,1-2H3,(H,33,41)(H,34,35,36). The first-order valence-corrected chi connectivity index (χ1v) is 15.2. The molecule has 11 heteroatoms. The maximum atomic E-state index is 12.7. The number of methoxy groups -OCH3 is 1. The van der Waals surface area contributed by atoms with Gasteiger partial charge in [0, 0.05) is 94.1 Å². The van der Waals surface area contributed by atoms with E-state index in [0.29, 0.717) is 25.6 Å². The number of benzene rings is 2. The van der Waals surface area contributed by atoms with Gasteiger partial charge < -0.3 is 29.9 Å². The summed E-state index contributed by atoms with van der Waals surface area (Å²) in [6.07, 6.45) is 1.80. The number of piperazine rings is 1. The molecule has 2 N–H and O–H groups in total. The molecule has 2 aromatic carbocycles. The minimum Gasteiger partial charge on any atom is -0.496 e. The highest BCUT2D eigenvalue weighted by molar-refractivity contribution is 5.78. The number of morpholine rings is 1. The number of hydrogen-bond donors (Lipinski definition) is 2. The fourth-order valence-electron chi connectivity index (χ4n) is 5.99. The fourth-order valence-corrected chi connectivity index (χ4v) is 5.99. The molecular formula is C32H42N8O3. The van der Waals surface area contributed by atoms with Crippen LogP contribution in [0.5, 0.6) is 5.75 Å². The van der Waals surface area contributed by atoms with Crippen LogP contribution in [-0.2, 0) is 22.6 Å². The van der Waals surface area contributed by atoms with E-state index in [1.54, 1.807) is 13.3 Å². The van der Waals surface area contributed by atoms with Crippen molar-refractivity contribution < 1.29 is 14.3 Å². The molecule has 0 spiro atoms. The van der Waals surface area contributed by atoms with Crippen LogP contribution in [0.1, 0.15) is 11.1 Å². The van der Waals surface area contributed by atoms with Gasteiger partial charge in [-0.1, -0.05) is 0 Å². The monoisotopic (exact) mass is 586 g/mol. The molecule has 0 aliphatic carbocycles. The molecule has 3 aromatic rings. The topological polar surface area (TPSA) is 98.3 Å². The first kappa shape index (κ1) is 29.3. The van der Waals surface area contributed by atoms with Gasteiger partial charge in [0.1, 0.15) is 5.75 Å². The Hall–Kier alpha value is -3.77. The number of ether oxygens (including phenoxy) is 2. The van der Waals surface area contributed by atoms with Crippen molar-refractivity contribution in [3.63, 3.8) is 0 Å². The lowest BCUT2D eigenvalue weighted by Gasteiger charge is -2.35. The quantitative estimate of drug-likeness (QED) is 0.466. The molecule has 228 valence electrons. The van der Waals surface area contributed by atoms with Crippen LogP contribution in [0.15, 0.2) is 48.7 Å². The van der Waals surface area contributed by atoms with Crippen LogP contribution in [0.3, 0.4) is 0 Å². The molecule has 1 amide bonds. The highest BCUT2D eigenvalue weighted by atomic mass is 16.5. The van der Waals surface area contributed by atoms with Crippen LogP contribution in [0.4, 0.5) is 17.3 Å². The van der Waals surface area contributed by atoms with Crippen LogP contribution in [0.2, 0.25) is 0 Å². The van der Waals surface area contributed by atoms with E-state index in [4.69, 9.17) is 14.5 Å². The Kier molecular flexibility index (Phi) is 9.33. The van der Waals surface area contributed by atoms with Gasteiger partial charge in [-0.3, -0.25) is 14.6 Å². The minimum atomic E-state index is 0.0806. The zero-order valence-corrected chi connectivity index (χ0v) is 25.2. The first-order valence-electron chi connectivity index (χ1n) is 15.2. The Labute approximate surface area is 253 Å². The van der Waals surface area contributed by atoms with Gasteiger partial charge in [0.05, 0.1) is 32.6 Å². The van der Waals surface area contributed by atoms with E-state index in [2.05, 4.69) is 66.5 Å². The summed E-state index contributed by atoms with van der Waals surface area (Å²) >= 11 is 0. The maximum Gasteiger partial charge on any atom is 0.234 e. The van der Waals surface area contributed by atoms with Crippen molar-refractivity contribution in [2.24, 2.45) is 0 Å². The van der Waals surface area contributed by atoms with Crippen LogP contribution in [0, 0.1) is 0 Å². The average Bonchev–Trinajstić information content (AvgIpc) is 3.02. The number of fused-ring (bicyclic) bond motifs is 8. The van der Waals surface area contributed by atoms with Crippen molar-refractivity contribution in [2.75, 3.05) is 96.5 Å². The Morgan fingerprint density at radius 2 is 1.67 bits per heavy atom. The third-order valence-corrected chi connectivity index (χ3v) is 8.34. The number of likely N-dealkylation sites (N-methyl/N-ethyl adjacent to an activating group) is 1. The summed E-state index contributed by atoms with van der Waals surface area (Å²) in [7, 11) is 3.75. The van der Waals surface area contributed by atoms with Gasteiger partial charge in [-0.2, -0.15) is 0 Å². The molecule has 0 unspecified atom stereocenters. The molecule has 2 fully saturated rings. The van der Waals surface area contributed by atoms with Gasteiger partial charge in [0.2, 0.25) is 11.9 Å². The summed E-state index contributed by atoms with van der Waals surface area (Å²) in [4.78, 5) is 31.5. The van der Waals surface area contributed by atoms with Crippen molar-refractivity contribution in [3.05, 3.63) is 59.8 Å². The largest absolute Gasteiger partial charge is 0.496 e. The number of carbonyl (C=O) groups excluding carboxylic acids is 1. The Bertz CT molecular complexity index is 1410. The van der Waals surface area contributed by atoms with E-state index >= 15 is 0 Å². The Balaban J connectivity index is 1.33. The number of amides is 1. The highest BCUT2D eigenvalue weighted by Crippen LogP contribution is 2.29. The number of aromatic nitrogens is 2. The van der Waals surface area contributed by atoms with Gasteiger partial charge in [-0.15, -0.1) is 0 Å². The van der Waals surface area contributed by atoms with Crippen molar-refractivity contribution in [3.8, 4) is 17.0 Å². The summed E-state index contributed by atoms with van der Waals surface area (Å²) in [5, 5.41) is 6.61. The smallest absolute Gasteiger partial charge is 0.234 e. The van der Waals surface area contributed by atoms with E-state index in [0.717, 1.165) is 93.8 Å². The molecule has 0 atom stereocenters. The second kappa shape index (κ2) is 13.7. The second-order valence-electron chi connectivity index (χ2n) is 11.5. The molecule has 1 aromatic heterocycles. The lowest BCUT2D eigenvalue weighted by molar-refractivity contribution is -0.122. The van der Waals surface area contributed by atoms with Crippen LogP contribution >= 0.6 is 0 Å². The van der Waals surface area contributed by atoms with Crippen molar-refractivity contribution in [1.82, 2.24) is 30.0 Å².